The minimum Gasteiger partial charge on any atom is -0.481 e. The van der Waals surface area contributed by atoms with Crippen molar-refractivity contribution in [2.75, 3.05) is 0 Å². The van der Waals surface area contributed by atoms with Crippen molar-refractivity contribution in [3.8, 4) is 5.75 Å². The number of carbonyl (C=O) groups is 1. The van der Waals surface area contributed by atoms with Crippen LogP contribution in [0.3, 0.4) is 0 Å². The molecule has 0 aromatic heterocycles. The summed E-state index contributed by atoms with van der Waals surface area (Å²) in [6.07, 6.45) is 0.0515. The average Bonchev–Trinajstić information content (AvgIpc) is 2.35. The van der Waals surface area contributed by atoms with Crippen molar-refractivity contribution in [2.24, 2.45) is 0 Å². The first kappa shape index (κ1) is 18.3. The summed E-state index contributed by atoms with van der Waals surface area (Å²) >= 11 is 0. The molecule has 1 aromatic rings. The molecule has 0 spiro atoms. The molecule has 0 fully saturated rings. The molecule has 0 aliphatic heterocycles. The quantitative estimate of drug-likeness (QED) is 0.636. The summed E-state index contributed by atoms with van der Waals surface area (Å²) in [6.45, 7) is 3.50. The summed E-state index contributed by atoms with van der Waals surface area (Å²) in [7, 11) is -5.73. The molecule has 22 heavy (non-hydrogen) atoms. The van der Waals surface area contributed by atoms with Crippen LogP contribution in [0.2, 0.25) is 0 Å². The van der Waals surface area contributed by atoms with Gasteiger partial charge in [-0.05, 0) is 35.6 Å². The summed E-state index contributed by atoms with van der Waals surface area (Å²) in [5.41, 5.74) is -4.35. The van der Waals surface area contributed by atoms with Gasteiger partial charge in [0.15, 0.2) is 0 Å². The third kappa shape index (κ3) is 4.62. The zero-order valence-corrected chi connectivity index (χ0v) is 12.7. The predicted octanol–water partition coefficient (Wildman–Crippen LogP) is 3.06. The van der Waals surface area contributed by atoms with Gasteiger partial charge in [0, 0.05) is 6.42 Å². The van der Waals surface area contributed by atoms with E-state index in [1.54, 1.807) is 13.8 Å². The predicted molar refractivity (Wildman–Crippen MR) is 72.1 cm³/mol. The van der Waals surface area contributed by atoms with Crippen LogP contribution < -0.4 is 4.18 Å². The second kappa shape index (κ2) is 6.55. The molecule has 0 saturated heterocycles. The number of hydrogen-bond acceptors (Lipinski definition) is 4. The normalized spacial score (nSPS) is 12.5. The van der Waals surface area contributed by atoms with Crippen molar-refractivity contribution in [3.63, 3.8) is 0 Å². The summed E-state index contributed by atoms with van der Waals surface area (Å²) in [5.74, 6) is -1.60. The van der Waals surface area contributed by atoms with Gasteiger partial charge in [0.2, 0.25) is 0 Å². The number of aliphatic carboxylic acids is 1. The standard InChI is InChI=1S/C13H15F3O5S/c1-8(2)11-7-10(21-22(19,20)13(14,15)16)5-3-9(11)4-6-12(17)18/h3,5,7-8H,4,6H2,1-2H3,(H,17,18). The molecule has 1 N–H and O–H groups in total. The van der Waals surface area contributed by atoms with Crippen molar-refractivity contribution in [1.82, 2.24) is 0 Å². The highest BCUT2D eigenvalue weighted by atomic mass is 32.2. The molecule has 5 nitrogen and oxygen atoms in total. The van der Waals surface area contributed by atoms with E-state index in [2.05, 4.69) is 4.18 Å². The Kier molecular flexibility index (Phi) is 5.44. The van der Waals surface area contributed by atoms with Gasteiger partial charge >= 0.3 is 21.6 Å². The molecule has 0 saturated carbocycles. The Bertz CT molecular complexity index is 650. The van der Waals surface area contributed by atoms with Crippen molar-refractivity contribution >= 4 is 16.1 Å². The van der Waals surface area contributed by atoms with E-state index in [9.17, 15) is 26.4 Å². The zero-order chi connectivity index (χ0) is 17.1. The van der Waals surface area contributed by atoms with Crippen molar-refractivity contribution in [2.45, 2.75) is 38.1 Å². The molecule has 0 bridgehead atoms. The van der Waals surface area contributed by atoms with Gasteiger partial charge in [0.05, 0.1) is 0 Å². The summed E-state index contributed by atoms with van der Waals surface area (Å²) in [6, 6.07) is 3.64. The lowest BCUT2D eigenvalue weighted by molar-refractivity contribution is -0.136. The minimum atomic E-state index is -5.73. The highest BCUT2D eigenvalue weighted by Gasteiger charge is 2.48. The maximum atomic E-state index is 12.3. The van der Waals surface area contributed by atoms with Gasteiger partial charge in [0.25, 0.3) is 0 Å². The smallest absolute Gasteiger partial charge is 0.481 e. The third-order valence-electron chi connectivity index (χ3n) is 2.84. The SMILES string of the molecule is CC(C)c1cc(OS(=O)(=O)C(F)(F)F)ccc1CCC(=O)O. The van der Waals surface area contributed by atoms with Crippen LogP contribution in [0.1, 0.15) is 37.3 Å². The van der Waals surface area contributed by atoms with Crippen molar-refractivity contribution in [3.05, 3.63) is 29.3 Å². The Labute approximate surface area is 125 Å². The minimum absolute atomic E-state index is 0.138. The first-order valence-electron chi connectivity index (χ1n) is 6.29. The van der Waals surface area contributed by atoms with Crippen LogP contribution in [0, 0.1) is 0 Å². The molecule has 0 aliphatic rings. The van der Waals surface area contributed by atoms with E-state index in [1.807, 2.05) is 0 Å². The monoisotopic (exact) mass is 340 g/mol. The Morgan fingerprint density at radius 1 is 1.32 bits per heavy atom. The second-order valence-electron chi connectivity index (χ2n) is 4.89. The van der Waals surface area contributed by atoms with E-state index in [4.69, 9.17) is 5.11 Å². The molecule has 1 rings (SSSR count). The number of rotatable bonds is 6. The Morgan fingerprint density at radius 2 is 1.91 bits per heavy atom. The Hall–Kier alpha value is -1.77. The first-order valence-corrected chi connectivity index (χ1v) is 7.70. The number of halogens is 3. The number of hydrogen-bond donors (Lipinski definition) is 1. The number of aryl methyl sites for hydroxylation is 1. The van der Waals surface area contributed by atoms with Crippen LogP contribution in [0.15, 0.2) is 18.2 Å². The number of alkyl halides is 3. The lowest BCUT2D eigenvalue weighted by Gasteiger charge is -2.15. The van der Waals surface area contributed by atoms with Crippen LogP contribution in [-0.4, -0.2) is 25.0 Å². The topological polar surface area (TPSA) is 80.7 Å². The lowest BCUT2D eigenvalue weighted by atomic mass is 9.94. The third-order valence-corrected chi connectivity index (χ3v) is 3.82. The molecule has 0 amide bonds. The van der Waals surface area contributed by atoms with Crippen molar-refractivity contribution in [1.29, 1.82) is 0 Å². The van der Waals surface area contributed by atoms with Crippen LogP contribution >= 0.6 is 0 Å². The van der Waals surface area contributed by atoms with Crippen LogP contribution in [0.5, 0.6) is 5.75 Å². The number of benzene rings is 1. The van der Waals surface area contributed by atoms with E-state index in [0.29, 0.717) is 11.1 Å². The van der Waals surface area contributed by atoms with Gasteiger partial charge in [-0.15, -0.1) is 0 Å². The van der Waals surface area contributed by atoms with Gasteiger partial charge in [-0.2, -0.15) is 21.6 Å². The molecule has 124 valence electrons. The van der Waals surface area contributed by atoms with E-state index in [1.165, 1.54) is 12.1 Å². The second-order valence-corrected chi connectivity index (χ2v) is 6.43. The molecule has 9 heteroatoms. The molecule has 0 heterocycles. The average molecular weight is 340 g/mol. The molecule has 0 unspecified atom stereocenters. The van der Waals surface area contributed by atoms with Crippen molar-refractivity contribution < 1.29 is 35.7 Å². The van der Waals surface area contributed by atoms with Gasteiger partial charge in [-0.25, -0.2) is 0 Å². The maximum absolute atomic E-state index is 12.3. The lowest BCUT2D eigenvalue weighted by Crippen LogP contribution is -2.28. The Balaban J connectivity index is 3.11. The van der Waals surface area contributed by atoms with Gasteiger partial charge in [-0.1, -0.05) is 19.9 Å². The molecule has 0 atom stereocenters. The molecule has 1 aromatic carbocycles. The summed E-state index contributed by atoms with van der Waals surface area (Å²) in [5, 5.41) is 8.67. The first-order chi connectivity index (χ1) is 9.94. The van der Waals surface area contributed by atoms with Gasteiger partial charge < -0.3 is 9.29 Å². The molecule has 0 radical (unpaired) electrons. The fourth-order valence-corrected chi connectivity index (χ4v) is 2.26. The summed E-state index contributed by atoms with van der Waals surface area (Å²) < 4.78 is 62.9. The molecular formula is C13H15F3O5S. The Morgan fingerprint density at radius 3 is 2.36 bits per heavy atom. The van der Waals surface area contributed by atoms with Gasteiger partial charge in [-0.3, -0.25) is 4.79 Å². The fraction of sp³-hybridized carbons (Fsp3) is 0.462. The molecular weight excluding hydrogens is 325 g/mol. The van der Waals surface area contributed by atoms with E-state index in [0.717, 1.165) is 6.07 Å². The fourth-order valence-electron chi connectivity index (χ4n) is 1.81. The van der Waals surface area contributed by atoms with Crippen LogP contribution in [0.4, 0.5) is 13.2 Å². The number of carboxylic acid groups (broad SMARTS) is 1. The van der Waals surface area contributed by atoms with Crippen LogP contribution in [0.25, 0.3) is 0 Å². The zero-order valence-electron chi connectivity index (χ0n) is 11.8. The largest absolute Gasteiger partial charge is 0.534 e. The highest BCUT2D eigenvalue weighted by Crippen LogP contribution is 2.30. The van der Waals surface area contributed by atoms with Crippen LogP contribution in [-0.2, 0) is 21.3 Å². The summed E-state index contributed by atoms with van der Waals surface area (Å²) in [4.78, 5) is 10.6. The van der Waals surface area contributed by atoms with E-state index >= 15 is 0 Å². The maximum Gasteiger partial charge on any atom is 0.534 e. The van der Waals surface area contributed by atoms with Gasteiger partial charge in [0.1, 0.15) is 5.75 Å². The highest BCUT2D eigenvalue weighted by molar-refractivity contribution is 7.88. The molecule has 0 aliphatic carbocycles. The van der Waals surface area contributed by atoms with E-state index < -0.39 is 27.3 Å². The number of carboxylic acids is 1. The van der Waals surface area contributed by atoms with E-state index in [-0.39, 0.29) is 18.8 Å².